The zero-order chi connectivity index (χ0) is 16.5. The number of rotatable bonds is 3. The Morgan fingerprint density at radius 2 is 1.38 bits per heavy atom. The molecule has 0 saturated carbocycles. The van der Waals surface area contributed by atoms with E-state index in [-0.39, 0.29) is 12.1 Å². The summed E-state index contributed by atoms with van der Waals surface area (Å²) in [6, 6.07) is 27.2. The molecule has 0 radical (unpaired) electrons. The van der Waals surface area contributed by atoms with Crippen molar-refractivity contribution in [2.75, 3.05) is 0 Å². The molecule has 3 aromatic carbocycles. The van der Waals surface area contributed by atoms with Crippen LogP contribution in [0.5, 0.6) is 0 Å². The van der Waals surface area contributed by atoms with Crippen LogP contribution in [0.4, 0.5) is 0 Å². The van der Waals surface area contributed by atoms with Crippen LogP contribution in [-0.4, -0.2) is 0 Å². The molecule has 1 aliphatic carbocycles. The summed E-state index contributed by atoms with van der Waals surface area (Å²) in [6.07, 6.45) is 0. The normalized spacial score (nSPS) is 13.8. The summed E-state index contributed by atoms with van der Waals surface area (Å²) >= 11 is 0. The van der Waals surface area contributed by atoms with Crippen molar-refractivity contribution < 1.29 is 0 Å². The minimum atomic E-state index is -0.338. The molecule has 2 nitrogen and oxygen atoms in total. The van der Waals surface area contributed by atoms with Gasteiger partial charge in [-0.2, -0.15) is 5.26 Å². The lowest BCUT2D eigenvalue weighted by Gasteiger charge is -2.20. The number of nitriles is 1. The third-order valence-corrected chi connectivity index (χ3v) is 4.71. The zero-order valence-electron chi connectivity index (χ0n) is 13.5. The van der Waals surface area contributed by atoms with Gasteiger partial charge >= 0.3 is 0 Å². The Morgan fingerprint density at radius 1 is 0.833 bits per heavy atom. The van der Waals surface area contributed by atoms with Crippen LogP contribution in [0.15, 0.2) is 72.8 Å². The molecule has 24 heavy (non-hydrogen) atoms. The number of fused-ring (bicyclic) bond motifs is 3. The Labute approximate surface area is 142 Å². The number of aryl methyl sites for hydroxylation is 1. The molecule has 0 aliphatic heterocycles. The summed E-state index contributed by atoms with van der Waals surface area (Å²) in [6.45, 7) is 2.06. The minimum Gasteiger partial charge on any atom is -0.287 e. The molecule has 0 heterocycles. The lowest BCUT2D eigenvalue weighted by Crippen LogP contribution is -2.25. The summed E-state index contributed by atoms with van der Waals surface area (Å²) in [5.74, 6) is 0. The molecule has 0 aromatic heterocycles. The molecule has 4 rings (SSSR count). The summed E-state index contributed by atoms with van der Waals surface area (Å²) in [7, 11) is 0. The van der Waals surface area contributed by atoms with Gasteiger partial charge in [-0.15, -0.1) is 0 Å². The van der Waals surface area contributed by atoms with Crippen molar-refractivity contribution in [1.29, 1.82) is 5.26 Å². The maximum Gasteiger partial charge on any atom is 0.122 e. The highest BCUT2D eigenvalue weighted by molar-refractivity contribution is 5.78. The van der Waals surface area contributed by atoms with Gasteiger partial charge < -0.3 is 0 Å². The first kappa shape index (κ1) is 14.7. The van der Waals surface area contributed by atoms with E-state index in [1.807, 2.05) is 12.1 Å². The van der Waals surface area contributed by atoms with Gasteiger partial charge in [0.25, 0.3) is 0 Å². The fourth-order valence-electron chi connectivity index (χ4n) is 3.47. The molecule has 0 fully saturated rings. The fraction of sp³-hybridized carbons (Fsp3) is 0.136. The summed E-state index contributed by atoms with van der Waals surface area (Å²) in [5.41, 5.74) is 7.20. The summed E-state index contributed by atoms with van der Waals surface area (Å²) in [5, 5.41) is 13.2. The first-order valence-electron chi connectivity index (χ1n) is 8.18. The zero-order valence-corrected chi connectivity index (χ0v) is 13.5. The average molecular weight is 310 g/mol. The second-order valence-electron chi connectivity index (χ2n) is 6.25. The van der Waals surface area contributed by atoms with Gasteiger partial charge in [-0.05, 0) is 34.7 Å². The van der Waals surface area contributed by atoms with Gasteiger partial charge in [-0.25, -0.2) is 0 Å². The third kappa shape index (κ3) is 2.40. The molecule has 1 N–H and O–H groups in total. The molecule has 0 spiro atoms. The molecular weight excluding hydrogens is 292 g/mol. The Bertz CT molecular complexity index is 874. The van der Waals surface area contributed by atoms with Crippen molar-refractivity contribution >= 4 is 0 Å². The van der Waals surface area contributed by atoms with Gasteiger partial charge in [-0.1, -0.05) is 78.4 Å². The number of nitrogens with one attached hydrogen (secondary N) is 1. The molecule has 0 unspecified atom stereocenters. The van der Waals surface area contributed by atoms with Crippen LogP contribution in [0.25, 0.3) is 11.1 Å². The predicted octanol–water partition coefficient (Wildman–Crippen LogP) is 4.92. The van der Waals surface area contributed by atoms with Crippen LogP contribution < -0.4 is 5.32 Å². The van der Waals surface area contributed by atoms with E-state index >= 15 is 0 Å². The first-order chi connectivity index (χ1) is 11.8. The lowest BCUT2D eigenvalue weighted by molar-refractivity contribution is 0.567. The van der Waals surface area contributed by atoms with Gasteiger partial charge in [0.05, 0.1) is 12.1 Å². The fourth-order valence-corrected chi connectivity index (χ4v) is 3.47. The SMILES string of the molecule is Cc1ccc([C@H](C#N)NC2c3ccccc3-c3ccccc32)cc1. The summed E-state index contributed by atoms with van der Waals surface area (Å²) < 4.78 is 0. The van der Waals surface area contributed by atoms with Crippen LogP contribution in [-0.2, 0) is 0 Å². The Balaban J connectivity index is 1.74. The minimum absolute atomic E-state index is 0.0448. The monoisotopic (exact) mass is 310 g/mol. The Hall–Kier alpha value is -2.89. The Morgan fingerprint density at radius 3 is 1.92 bits per heavy atom. The number of benzene rings is 3. The smallest absolute Gasteiger partial charge is 0.122 e. The average Bonchev–Trinajstić information content (AvgIpc) is 2.95. The molecule has 1 aliphatic rings. The number of hydrogen-bond donors (Lipinski definition) is 1. The second kappa shape index (κ2) is 5.96. The van der Waals surface area contributed by atoms with Crippen LogP contribution in [0.1, 0.15) is 34.3 Å². The van der Waals surface area contributed by atoms with Gasteiger partial charge in [-0.3, -0.25) is 5.32 Å². The van der Waals surface area contributed by atoms with Gasteiger partial charge in [0.15, 0.2) is 0 Å². The maximum atomic E-state index is 9.69. The van der Waals surface area contributed by atoms with Crippen molar-refractivity contribution in [2.24, 2.45) is 0 Å². The van der Waals surface area contributed by atoms with Crippen LogP contribution in [0.2, 0.25) is 0 Å². The van der Waals surface area contributed by atoms with Gasteiger partial charge in [0.2, 0.25) is 0 Å². The molecule has 0 amide bonds. The third-order valence-electron chi connectivity index (χ3n) is 4.71. The van der Waals surface area contributed by atoms with E-state index in [4.69, 9.17) is 0 Å². The van der Waals surface area contributed by atoms with E-state index in [0.29, 0.717) is 0 Å². The first-order valence-corrected chi connectivity index (χ1v) is 8.18. The molecule has 116 valence electrons. The van der Waals surface area contributed by atoms with Crippen molar-refractivity contribution in [3.63, 3.8) is 0 Å². The van der Waals surface area contributed by atoms with Crippen molar-refractivity contribution in [2.45, 2.75) is 19.0 Å². The topological polar surface area (TPSA) is 35.8 Å². The number of hydrogen-bond acceptors (Lipinski definition) is 2. The van der Waals surface area contributed by atoms with E-state index in [0.717, 1.165) is 5.56 Å². The Kier molecular flexibility index (Phi) is 3.65. The van der Waals surface area contributed by atoms with Crippen molar-refractivity contribution in [3.05, 3.63) is 95.1 Å². The standard InChI is InChI=1S/C22H18N2/c1-15-10-12-16(13-11-15)21(14-23)24-22-19-8-4-2-6-17(19)18-7-3-5-9-20(18)22/h2-13,21-22,24H,1H3/t21-/m0/s1. The molecule has 1 atom stereocenters. The van der Waals surface area contributed by atoms with E-state index in [1.54, 1.807) is 0 Å². The van der Waals surface area contributed by atoms with E-state index in [9.17, 15) is 5.26 Å². The quantitative estimate of drug-likeness (QED) is 0.745. The van der Waals surface area contributed by atoms with E-state index in [2.05, 4.69) is 79.0 Å². The molecule has 3 aromatic rings. The molecule has 0 bridgehead atoms. The van der Waals surface area contributed by atoms with Crippen molar-refractivity contribution in [3.8, 4) is 17.2 Å². The van der Waals surface area contributed by atoms with E-state index in [1.165, 1.54) is 27.8 Å². The summed E-state index contributed by atoms with van der Waals surface area (Å²) in [4.78, 5) is 0. The van der Waals surface area contributed by atoms with Crippen LogP contribution >= 0.6 is 0 Å². The predicted molar refractivity (Wildman–Crippen MR) is 96.4 cm³/mol. The van der Waals surface area contributed by atoms with Crippen LogP contribution in [0.3, 0.4) is 0 Å². The second-order valence-corrected chi connectivity index (χ2v) is 6.25. The van der Waals surface area contributed by atoms with E-state index < -0.39 is 0 Å². The highest BCUT2D eigenvalue weighted by Gasteiger charge is 2.29. The molecule has 2 heteroatoms. The molecular formula is C22H18N2. The molecule has 0 saturated heterocycles. The van der Waals surface area contributed by atoms with Crippen molar-refractivity contribution in [1.82, 2.24) is 5.32 Å². The lowest BCUT2D eigenvalue weighted by atomic mass is 10.0. The van der Waals surface area contributed by atoms with Crippen LogP contribution in [0, 0.1) is 18.3 Å². The maximum absolute atomic E-state index is 9.69. The largest absolute Gasteiger partial charge is 0.287 e. The highest BCUT2D eigenvalue weighted by Crippen LogP contribution is 2.43. The van der Waals surface area contributed by atoms with Gasteiger partial charge in [0, 0.05) is 0 Å². The highest BCUT2D eigenvalue weighted by atomic mass is 15.0. The van der Waals surface area contributed by atoms with Gasteiger partial charge in [0.1, 0.15) is 6.04 Å². The number of nitrogens with zero attached hydrogens (tertiary/aromatic N) is 1.